The average Bonchev–Trinajstić information content (AvgIpc) is 3.22. The molecule has 6 heteroatoms. The number of nitrogens with zero attached hydrogens (tertiary/aromatic N) is 2. The molecule has 0 N–H and O–H groups in total. The Morgan fingerprint density at radius 1 is 1.00 bits per heavy atom. The van der Waals surface area contributed by atoms with Crippen LogP contribution in [0.1, 0.15) is 19.4 Å². The molecule has 1 heterocycles. The third-order valence-electron chi connectivity index (χ3n) is 5.75. The van der Waals surface area contributed by atoms with Gasteiger partial charge in [0.2, 0.25) is 0 Å². The zero-order valence-electron chi connectivity index (χ0n) is 19.0. The minimum atomic E-state index is -0.354. The van der Waals surface area contributed by atoms with Crippen LogP contribution in [0.15, 0.2) is 72.9 Å². The summed E-state index contributed by atoms with van der Waals surface area (Å²) in [6.45, 7) is 5.74. The lowest BCUT2D eigenvalue weighted by molar-refractivity contribution is 0.157. The fourth-order valence-electron chi connectivity index (χ4n) is 4.00. The molecular formula is C27H27ClN2O3. The Labute approximate surface area is 199 Å². The molecular weight excluding hydrogens is 436 g/mol. The number of hydrogen-bond donors (Lipinski definition) is 0. The number of hydrogen-bond acceptors (Lipinski definition) is 3. The Kier molecular flexibility index (Phi) is 6.90. The number of rotatable bonds is 7. The third kappa shape index (κ3) is 4.83. The van der Waals surface area contributed by atoms with E-state index in [-0.39, 0.29) is 6.09 Å². The fraction of sp³-hybridized carbons (Fsp3) is 0.222. The Bertz CT molecular complexity index is 1260. The number of carbonyl (C=O) groups excluding carboxylic acids is 1. The van der Waals surface area contributed by atoms with Gasteiger partial charge >= 0.3 is 6.09 Å². The van der Waals surface area contributed by atoms with E-state index in [0.29, 0.717) is 30.4 Å². The number of methoxy groups -OCH3 is 1. The molecule has 0 radical (unpaired) electrons. The quantitative estimate of drug-likeness (QED) is 0.301. The second-order valence-electron chi connectivity index (χ2n) is 7.71. The van der Waals surface area contributed by atoms with Crippen molar-refractivity contribution >= 4 is 28.6 Å². The summed E-state index contributed by atoms with van der Waals surface area (Å²) >= 11 is 6.18. The van der Waals surface area contributed by atoms with Crippen molar-refractivity contribution in [3.63, 3.8) is 0 Å². The van der Waals surface area contributed by atoms with Crippen LogP contribution in [0.25, 0.3) is 22.0 Å². The monoisotopic (exact) mass is 462 g/mol. The van der Waals surface area contributed by atoms with Gasteiger partial charge in [-0.05, 0) is 67.4 Å². The largest absolute Gasteiger partial charge is 0.497 e. The average molecular weight is 463 g/mol. The molecule has 33 heavy (non-hydrogen) atoms. The molecule has 4 rings (SSSR count). The third-order valence-corrected chi connectivity index (χ3v) is 5.99. The maximum absolute atomic E-state index is 12.7. The Balaban J connectivity index is 1.80. The van der Waals surface area contributed by atoms with E-state index < -0.39 is 0 Å². The first-order chi connectivity index (χ1) is 16.0. The summed E-state index contributed by atoms with van der Waals surface area (Å²) in [4.78, 5) is 14.4. The summed E-state index contributed by atoms with van der Waals surface area (Å²) < 4.78 is 13.4. The summed E-state index contributed by atoms with van der Waals surface area (Å²) in [5.41, 5.74) is 3.98. The lowest BCUT2D eigenvalue weighted by Crippen LogP contribution is -2.33. The first-order valence-electron chi connectivity index (χ1n) is 11.0. The van der Waals surface area contributed by atoms with Crippen molar-refractivity contribution in [1.82, 2.24) is 9.47 Å². The molecule has 0 spiro atoms. The van der Waals surface area contributed by atoms with Crippen LogP contribution in [0.2, 0.25) is 5.02 Å². The highest BCUT2D eigenvalue weighted by molar-refractivity contribution is 6.30. The summed E-state index contributed by atoms with van der Waals surface area (Å²) in [5, 5.41) is 1.72. The Morgan fingerprint density at radius 2 is 1.76 bits per heavy atom. The molecule has 0 unspecified atom stereocenters. The molecule has 3 aromatic carbocycles. The Morgan fingerprint density at radius 3 is 2.42 bits per heavy atom. The summed E-state index contributed by atoms with van der Waals surface area (Å²) in [6, 6.07) is 21.6. The lowest BCUT2D eigenvalue weighted by Gasteiger charge is -2.20. The number of fused-ring (bicyclic) bond motifs is 1. The van der Waals surface area contributed by atoms with Gasteiger partial charge in [-0.1, -0.05) is 35.9 Å². The topological polar surface area (TPSA) is 43.7 Å². The first-order valence-corrected chi connectivity index (χ1v) is 11.4. The maximum Gasteiger partial charge on any atom is 0.415 e. The van der Waals surface area contributed by atoms with E-state index >= 15 is 0 Å². The predicted octanol–water partition coefficient (Wildman–Crippen LogP) is 6.86. The van der Waals surface area contributed by atoms with Crippen LogP contribution in [0.5, 0.6) is 11.5 Å². The number of amides is 1. The number of halogens is 1. The van der Waals surface area contributed by atoms with E-state index in [0.717, 1.165) is 33.3 Å². The van der Waals surface area contributed by atoms with Crippen molar-refractivity contribution in [2.45, 2.75) is 20.4 Å². The van der Waals surface area contributed by atoms with Crippen molar-refractivity contribution in [3.8, 4) is 22.6 Å². The van der Waals surface area contributed by atoms with Gasteiger partial charge in [-0.25, -0.2) is 4.79 Å². The smallest absolute Gasteiger partial charge is 0.415 e. The van der Waals surface area contributed by atoms with E-state index in [1.54, 1.807) is 12.0 Å². The highest BCUT2D eigenvalue weighted by Crippen LogP contribution is 2.39. The van der Waals surface area contributed by atoms with Gasteiger partial charge in [0.1, 0.15) is 11.5 Å². The van der Waals surface area contributed by atoms with Crippen LogP contribution in [-0.4, -0.2) is 35.8 Å². The van der Waals surface area contributed by atoms with Crippen molar-refractivity contribution in [2.24, 2.45) is 0 Å². The molecule has 0 bridgehead atoms. The summed E-state index contributed by atoms with van der Waals surface area (Å²) in [6.07, 6.45) is 1.70. The molecule has 0 atom stereocenters. The van der Waals surface area contributed by atoms with Gasteiger partial charge in [-0.15, -0.1) is 0 Å². The van der Waals surface area contributed by atoms with Crippen LogP contribution < -0.4 is 9.47 Å². The molecule has 1 amide bonds. The van der Waals surface area contributed by atoms with Crippen LogP contribution >= 0.6 is 11.6 Å². The van der Waals surface area contributed by atoms with Gasteiger partial charge < -0.3 is 18.9 Å². The zero-order valence-corrected chi connectivity index (χ0v) is 19.8. The molecule has 0 fully saturated rings. The van der Waals surface area contributed by atoms with Crippen LogP contribution in [0.4, 0.5) is 4.79 Å². The van der Waals surface area contributed by atoms with Crippen LogP contribution in [-0.2, 0) is 6.54 Å². The van der Waals surface area contributed by atoms with Gasteiger partial charge in [0.05, 0.1) is 7.11 Å². The van der Waals surface area contributed by atoms with E-state index in [4.69, 9.17) is 21.1 Å². The van der Waals surface area contributed by atoms with E-state index in [9.17, 15) is 4.79 Å². The standard InChI is InChI=1S/C27H27ClN2O3/c1-4-29(5-2)27(31)33-25-14-13-24-23(26(25)20-9-11-22(32-3)12-10-20)15-16-30(24)18-19-7-6-8-21(28)17-19/h6-17H,4-5,18H2,1-3H3. The van der Waals surface area contributed by atoms with E-state index in [1.807, 2.05) is 68.4 Å². The molecule has 5 nitrogen and oxygen atoms in total. The van der Waals surface area contributed by atoms with Gasteiger partial charge in [0.15, 0.2) is 0 Å². The predicted molar refractivity (Wildman–Crippen MR) is 133 cm³/mol. The highest BCUT2D eigenvalue weighted by atomic mass is 35.5. The van der Waals surface area contributed by atoms with Gasteiger partial charge in [0.25, 0.3) is 0 Å². The van der Waals surface area contributed by atoms with Crippen molar-refractivity contribution in [1.29, 1.82) is 0 Å². The molecule has 0 saturated heterocycles. The van der Waals surface area contributed by atoms with E-state index in [2.05, 4.69) is 22.9 Å². The van der Waals surface area contributed by atoms with Gasteiger partial charge in [-0.3, -0.25) is 0 Å². The molecule has 0 aliphatic carbocycles. The highest BCUT2D eigenvalue weighted by Gasteiger charge is 2.19. The maximum atomic E-state index is 12.7. The van der Waals surface area contributed by atoms with Gasteiger partial charge in [0, 0.05) is 47.3 Å². The fourth-order valence-corrected chi connectivity index (χ4v) is 4.22. The Hall–Kier alpha value is -3.44. The summed E-state index contributed by atoms with van der Waals surface area (Å²) in [7, 11) is 1.64. The number of carbonyl (C=O) groups is 1. The van der Waals surface area contributed by atoms with Crippen molar-refractivity contribution in [3.05, 3.63) is 83.5 Å². The van der Waals surface area contributed by atoms with Crippen LogP contribution in [0, 0.1) is 0 Å². The molecule has 0 aliphatic heterocycles. The minimum Gasteiger partial charge on any atom is -0.497 e. The number of benzene rings is 3. The first kappa shape index (κ1) is 22.7. The molecule has 170 valence electrons. The number of ether oxygens (including phenoxy) is 2. The van der Waals surface area contributed by atoms with E-state index in [1.165, 1.54) is 0 Å². The van der Waals surface area contributed by atoms with Crippen molar-refractivity contribution in [2.75, 3.05) is 20.2 Å². The summed E-state index contributed by atoms with van der Waals surface area (Å²) in [5.74, 6) is 1.30. The molecule has 0 saturated carbocycles. The number of aromatic nitrogens is 1. The van der Waals surface area contributed by atoms with Gasteiger partial charge in [-0.2, -0.15) is 0 Å². The SMILES string of the molecule is CCN(CC)C(=O)Oc1ccc2c(ccn2Cc2cccc(Cl)c2)c1-c1ccc(OC)cc1. The lowest BCUT2D eigenvalue weighted by atomic mass is 10.0. The second-order valence-corrected chi connectivity index (χ2v) is 8.15. The van der Waals surface area contributed by atoms with Crippen LogP contribution in [0.3, 0.4) is 0 Å². The molecule has 0 aliphatic rings. The minimum absolute atomic E-state index is 0.354. The molecule has 4 aromatic rings. The normalized spacial score (nSPS) is 10.9. The zero-order chi connectivity index (χ0) is 23.4. The molecule has 1 aromatic heterocycles. The second kappa shape index (κ2) is 10.0. The van der Waals surface area contributed by atoms with Crippen molar-refractivity contribution < 1.29 is 14.3 Å².